The van der Waals surface area contributed by atoms with Gasteiger partial charge in [0, 0.05) is 6.04 Å². The third-order valence-corrected chi connectivity index (χ3v) is 2.58. The highest BCUT2D eigenvalue weighted by atomic mass is 32.2. The summed E-state index contributed by atoms with van der Waals surface area (Å²) in [6, 6.07) is 0.0145. The normalized spacial score (nSPS) is 11.9. The van der Waals surface area contributed by atoms with Crippen LogP contribution in [0.1, 0.15) is 20.3 Å². The molecule has 0 spiro atoms. The first-order valence-electron chi connectivity index (χ1n) is 4.58. The largest absolute Gasteiger partial charge is 0.462 e. The Bertz CT molecular complexity index is 196. The summed E-state index contributed by atoms with van der Waals surface area (Å²) >= 11 is 1.81. The van der Waals surface area contributed by atoms with Crippen molar-refractivity contribution >= 4 is 23.6 Å². The van der Waals surface area contributed by atoms with Crippen LogP contribution >= 0.6 is 11.8 Å². The quantitative estimate of drug-likeness (QED) is 0.422. The molecule has 1 unspecified atom stereocenters. The molecule has 0 fully saturated rings. The zero-order valence-electron chi connectivity index (χ0n) is 8.83. The summed E-state index contributed by atoms with van der Waals surface area (Å²) in [5, 5.41) is 2.56. The van der Waals surface area contributed by atoms with E-state index in [9.17, 15) is 9.59 Å². The average molecular weight is 219 g/mol. The van der Waals surface area contributed by atoms with Crippen molar-refractivity contribution in [2.75, 3.05) is 18.6 Å². The van der Waals surface area contributed by atoms with Gasteiger partial charge in [-0.05, 0) is 24.9 Å². The molecule has 14 heavy (non-hydrogen) atoms. The van der Waals surface area contributed by atoms with E-state index >= 15 is 0 Å². The van der Waals surface area contributed by atoms with E-state index in [4.69, 9.17) is 0 Å². The lowest BCUT2D eigenvalue weighted by atomic mass is 10.2. The Morgan fingerprint density at radius 1 is 1.50 bits per heavy atom. The molecule has 0 rings (SSSR count). The molecule has 0 radical (unpaired) electrons. The van der Waals surface area contributed by atoms with Gasteiger partial charge in [-0.2, -0.15) is 11.8 Å². The van der Waals surface area contributed by atoms with Gasteiger partial charge in [0.25, 0.3) is 0 Å². The molecule has 0 aliphatic heterocycles. The second kappa shape index (κ2) is 7.67. The van der Waals surface area contributed by atoms with Crippen LogP contribution in [0.4, 0.5) is 0 Å². The molecule has 0 heterocycles. The Morgan fingerprint density at radius 2 is 2.14 bits per heavy atom. The monoisotopic (exact) mass is 219 g/mol. The van der Waals surface area contributed by atoms with E-state index < -0.39 is 11.9 Å². The maximum Gasteiger partial charge on any atom is 0.396 e. The van der Waals surface area contributed by atoms with Crippen LogP contribution in [0.3, 0.4) is 0 Å². The SMILES string of the molecule is CCSCCC(C)NC(=O)C(=O)OC. The van der Waals surface area contributed by atoms with Crippen molar-refractivity contribution in [2.45, 2.75) is 26.3 Å². The standard InChI is InChI=1S/C9H17NO3S/c1-4-14-6-5-7(2)10-8(11)9(12)13-3/h7H,4-6H2,1-3H3,(H,10,11). The van der Waals surface area contributed by atoms with E-state index in [1.54, 1.807) is 0 Å². The van der Waals surface area contributed by atoms with Crippen LogP contribution in [-0.2, 0) is 14.3 Å². The Kier molecular flexibility index (Phi) is 7.28. The van der Waals surface area contributed by atoms with Gasteiger partial charge >= 0.3 is 11.9 Å². The van der Waals surface area contributed by atoms with E-state index in [1.807, 2.05) is 18.7 Å². The highest BCUT2D eigenvalue weighted by molar-refractivity contribution is 7.99. The molecule has 0 aliphatic carbocycles. The minimum Gasteiger partial charge on any atom is -0.462 e. The van der Waals surface area contributed by atoms with Crippen molar-refractivity contribution in [1.29, 1.82) is 0 Å². The van der Waals surface area contributed by atoms with Gasteiger partial charge in [-0.3, -0.25) is 4.79 Å². The van der Waals surface area contributed by atoms with Crippen LogP contribution in [0.5, 0.6) is 0 Å². The number of nitrogens with one attached hydrogen (secondary N) is 1. The average Bonchev–Trinajstić information content (AvgIpc) is 2.16. The van der Waals surface area contributed by atoms with E-state index in [0.29, 0.717) is 0 Å². The van der Waals surface area contributed by atoms with E-state index in [2.05, 4.69) is 17.0 Å². The molecule has 0 saturated carbocycles. The fraction of sp³-hybridized carbons (Fsp3) is 0.778. The van der Waals surface area contributed by atoms with Crippen LogP contribution in [0.15, 0.2) is 0 Å². The second-order valence-electron chi connectivity index (χ2n) is 2.85. The summed E-state index contributed by atoms with van der Waals surface area (Å²) in [4.78, 5) is 21.8. The van der Waals surface area contributed by atoms with Gasteiger partial charge in [-0.25, -0.2) is 4.79 Å². The highest BCUT2D eigenvalue weighted by Crippen LogP contribution is 2.03. The van der Waals surface area contributed by atoms with Gasteiger partial charge in [0.15, 0.2) is 0 Å². The number of methoxy groups -OCH3 is 1. The first-order chi connectivity index (χ1) is 6.61. The zero-order valence-corrected chi connectivity index (χ0v) is 9.65. The third kappa shape index (κ3) is 5.85. The molecule has 1 N–H and O–H groups in total. The first kappa shape index (κ1) is 13.3. The van der Waals surface area contributed by atoms with Gasteiger partial charge in [0.1, 0.15) is 0 Å². The fourth-order valence-corrected chi connectivity index (χ4v) is 1.66. The van der Waals surface area contributed by atoms with E-state index in [-0.39, 0.29) is 6.04 Å². The Balaban J connectivity index is 3.65. The van der Waals surface area contributed by atoms with E-state index in [0.717, 1.165) is 17.9 Å². The second-order valence-corrected chi connectivity index (χ2v) is 4.25. The molecule has 0 aromatic carbocycles. The van der Waals surface area contributed by atoms with Gasteiger partial charge < -0.3 is 10.1 Å². The topological polar surface area (TPSA) is 55.4 Å². The lowest BCUT2D eigenvalue weighted by Gasteiger charge is -2.11. The summed E-state index contributed by atoms with van der Waals surface area (Å²) in [5.74, 6) is 0.554. The van der Waals surface area contributed by atoms with Crippen LogP contribution in [0.25, 0.3) is 0 Å². The molecule has 0 aromatic rings. The Hall–Kier alpha value is -0.710. The van der Waals surface area contributed by atoms with Gasteiger partial charge in [0.05, 0.1) is 7.11 Å². The predicted octanol–water partition coefficient (Wildman–Crippen LogP) is 0.807. The molecule has 1 amide bonds. The number of rotatable bonds is 5. The number of amides is 1. The molecule has 82 valence electrons. The fourth-order valence-electron chi connectivity index (χ4n) is 0.852. The van der Waals surface area contributed by atoms with Gasteiger partial charge in [-0.15, -0.1) is 0 Å². The number of hydrogen-bond donors (Lipinski definition) is 1. The van der Waals surface area contributed by atoms with Gasteiger partial charge in [0.2, 0.25) is 0 Å². The lowest BCUT2D eigenvalue weighted by Crippen LogP contribution is -2.38. The molecule has 5 heteroatoms. The summed E-state index contributed by atoms with van der Waals surface area (Å²) < 4.78 is 4.28. The van der Waals surface area contributed by atoms with Crippen molar-refractivity contribution in [1.82, 2.24) is 5.32 Å². The summed E-state index contributed by atoms with van der Waals surface area (Å²) in [6.45, 7) is 3.96. The molecular formula is C9H17NO3S. The molecule has 4 nitrogen and oxygen atoms in total. The zero-order chi connectivity index (χ0) is 11.0. The van der Waals surface area contributed by atoms with Crippen LogP contribution in [0, 0.1) is 0 Å². The number of thioether (sulfide) groups is 1. The Labute approximate surface area is 88.8 Å². The summed E-state index contributed by atoms with van der Waals surface area (Å²) in [6.07, 6.45) is 0.862. The minimum absolute atomic E-state index is 0.0145. The van der Waals surface area contributed by atoms with Gasteiger partial charge in [-0.1, -0.05) is 6.92 Å². The van der Waals surface area contributed by atoms with Crippen LogP contribution in [-0.4, -0.2) is 36.5 Å². The van der Waals surface area contributed by atoms with Crippen molar-refractivity contribution in [3.63, 3.8) is 0 Å². The predicted molar refractivity (Wildman–Crippen MR) is 57.2 cm³/mol. The molecule has 1 atom stereocenters. The number of ether oxygens (including phenoxy) is 1. The van der Waals surface area contributed by atoms with Crippen molar-refractivity contribution in [3.05, 3.63) is 0 Å². The molecule has 0 aliphatic rings. The number of esters is 1. The maximum absolute atomic E-state index is 11.0. The van der Waals surface area contributed by atoms with Crippen molar-refractivity contribution in [2.24, 2.45) is 0 Å². The molecule has 0 aromatic heterocycles. The molecule has 0 saturated heterocycles. The third-order valence-electron chi connectivity index (χ3n) is 1.65. The molecular weight excluding hydrogens is 202 g/mol. The number of hydrogen-bond acceptors (Lipinski definition) is 4. The lowest BCUT2D eigenvalue weighted by molar-refractivity contribution is -0.153. The molecule has 0 bridgehead atoms. The maximum atomic E-state index is 11.0. The smallest absolute Gasteiger partial charge is 0.396 e. The van der Waals surface area contributed by atoms with Crippen LogP contribution < -0.4 is 5.32 Å². The first-order valence-corrected chi connectivity index (χ1v) is 5.73. The summed E-state index contributed by atoms with van der Waals surface area (Å²) in [7, 11) is 1.19. The Morgan fingerprint density at radius 3 is 2.64 bits per heavy atom. The van der Waals surface area contributed by atoms with E-state index in [1.165, 1.54) is 7.11 Å². The summed E-state index contributed by atoms with van der Waals surface area (Å²) in [5.41, 5.74) is 0. The van der Waals surface area contributed by atoms with Crippen molar-refractivity contribution in [3.8, 4) is 0 Å². The number of carbonyl (C=O) groups is 2. The number of carbonyl (C=O) groups excluding carboxylic acids is 2. The van der Waals surface area contributed by atoms with Crippen molar-refractivity contribution < 1.29 is 14.3 Å². The minimum atomic E-state index is -0.833. The highest BCUT2D eigenvalue weighted by Gasteiger charge is 2.15. The van der Waals surface area contributed by atoms with Crippen LogP contribution in [0.2, 0.25) is 0 Å².